The number of hydrogen-bond acceptors (Lipinski definition) is 6. The summed E-state index contributed by atoms with van der Waals surface area (Å²) < 4.78 is 33.8. The third-order valence-electron chi connectivity index (χ3n) is 4.93. The maximum absolute atomic E-state index is 12.6. The van der Waals surface area contributed by atoms with Crippen molar-refractivity contribution < 1.29 is 23.1 Å². The topological polar surface area (TPSA) is 111 Å². The number of ether oxygens (including phenoxy) is 1. The summed E-state index contributed by atoms with van der Waals surface area (Å²) in [7, 11) is -1.99. The summed E-state index contributed by atoms with van der Waals surface area (Å²) in [6.07, 6.45) is -1.31. The van der Waals surface area contributed by atoms with Gasteiger partial charge in [-0.3, -0.25) is 4.90 Å². The predicted molar refractivity (Wildman–Crippen MR) is 104 cm³/mol. The second-order valence-electron chi connectivity index (χ2n) is 7.62. The minimum Gasteiger partial charge on any atom is -0.485 e. The maximum Gasteiger partial charge on any atom is 0.317 e. The van der Waals surface area contributed by atoms with Crippen molar-refractivity contribution in [2.75, 3.05) is 33.2 Å². The maximum atomic E-state index is 12.6. The lowest BCUT2D eigenvalue weighted by Crippen LogP contribution is -2.48. The van der Waals surface area contributed by atoms with E-state index in [0.29, 0.717) is 13.1 Å². The molecule has 2 aliphatic heterocycles. The van der Waals surface area contributed by atoms with Gasteiger partial charge in [-0.25, -0.2) is 17.9 Å². The molecule has 2 heterocycles. The van der Waals surface area contributed by atoms with Crippen LogP contribution in [0.1, 0.15) is 13.8 Å². The fraction of sp³-hybridized carbons (Fsp3) is 0.611. The summed E-state index contributed by atoms with van der Waals surface area (Å²) in [5.74, 6) is 0.237. The van der Waals surface area contributed by atoms with Crippen LogP contribution in [-0.4, -0.2) is 86.9 Å². The number of aliphatic hydroxyl groups is 1. The highest BCUT2D eigenvalue weighted by Crippen LogP contribution is 2.28. The van der Waals surface area contributed by atoms with Crippen molar-refractivity contribution in [3.05, 3.63) is 24.3 Å². The van der Waals surface area contributed by atoms with Crippen LogP contribution in [0.2, 0.25) is 0 Å². The van der Waals surface area contributed by atoms with Crippen molar-refractivity contribution >= 4 is 16.1 Å². The number of nitrogens with zero attached hydrogens (tertiary/aromatic N) is 2. The normalized spacial score (nSPS) is 28.0. The van der Waals surface area contributed by atoms with Gasteiger partial charge in [0, 0.05) is 25.7 Å². The van der Waals surface area contributed by atoms with Gasteiger partial charge < -0.3 is 20.1 Å². The average molecular weight is 413 g/mol. The molecule has 0 spiro atoms. The summed E-state index contributed by atoms with van der Waals surface area (Å²) >= 11 is 0. The molecule has 1 saturated heterocycles. The van der Waals surface area contributed by atoms with E-state index in [1.165, 1.54) is 6.07 Å². The molecule has 1 aromatic carbocycles. The number of para-hydroxylation sites is 1. The van der Waals surface area contributed by atoms with Gasteiger partial charge >= 0.3 is 6.03 Å². The summed E-state index contributed by atoms with van der Waals surface area (Å²) in [5.41, 5.74) is 0. The smallest absolute Gasteiger partial charge is 0.317 e. The van der Waals surface area contributed by atoms with Gasteiger partial charge in [-0.2, -0.15) is 0 Å². The first-order valence-corrected chi connectivity index (χ1v) is 10.8. The lowest BCUT2D eigenvalue weighted by Gasteiger charge is -2.30. The molecule has 0 aliphatic carbocycles. The summed E-state index contributed by atoms with van der Waals surface area (Å²) in [5, 5.41) is 13.2. The van der Waals surface area contributed by atoms with E-state index in [2.05, 4.69) is 10.0 Å². The number of β-amino-alcohol motifs (C(OH)–C–C–N with tert-alkyl or cyclic N) is 1. The first-order chi connectivity index (χ1) is 13.2. The van der Waals surface area contributed by atoms with Gasteiger partial charge in [-0.1, -0.05) is 12.1 Å². The number of likely N-dealkylation sites (N-methyl/N-ethyl adjacent to an activating group) is 1. The Morgan fingerprint density at radius 3 is 2.71 bits per heavy atom. The molecule has 0 radical (unpaired) electrons. The van der Waals surface area contributed by atoms with Crippen LogP contribution >= 0.6 is 0 Å². The number of rotatable bonds is 1. The Kier molecular flexibility index (Phi) is 6.13. The average Bonchev–Trinajstić information content (AvgIpc) is 3.03. The van der Waals surface area contributed by atoms with E-state index in [1.807, 2.05) is 25.8 Å². The van der Waals surface area contributed by atoms with E-state index >= 15 is 0 Å². The van der Waals surface area contributed by atoms with Crippen LogP contribution in [0.15, 0.2) is 29.2 Å². The number of amides is 2. The number of nitrogens with one attached hydrogen (secondary N) is 2. The van der Waals surface area contributed by atoms with Gasteiger partial charge in [0.25, 0.3) is 0 Å². The van der Waals surface area contributed by atoms with Gasteiger partial charge in [0.2, 0.25) is 10.0 Å². The molecule has 1 fully saturated rings. The molecular weight excluding hydrogens is 384 g/mol. The minimum atomic E-state index is -3.83. The monoisotopic (exact) mass is 412 g/mol. The Balaban J connectivity index is 1.93. The Bertz CT molecular complexity index is 816. The van der Waals surface area contributed by atoms with Crippen LogP contribution in [0.3, 0.4) is 0 Å². The lowest BCUT2D eigenvalue weighted by atomic mass is 10.1. The fourth-order valence-corrected chi connectivity index (χ4v) is 4.75. The Morgan fingerprint density at radius 1 is 1.29 bits per heavy atom. The zero-order valence-corrected chi connectivity index (χ0v) is 17.1. The number of aliphatic hydroxyl groups excluding tert-OH is 1. The number of carbonyl (C=O) groups is 1. The number of fused-ring (bicyclic) bond motifs is 2. The van der Waals surface area contributed by atoms with Crippen molar-refractivity contribution in [1.29, 1.82) is 0 Å². The zero-order chi connectivity index (χ0) is 20.5. The van der Waals surface area contributed by atoms with E-state index in [-0.39, 0.29) is 41.8 Å². The van der Waals surface area contributed by atoms with Gasteiger partial charge in [0.1, 0.15) is 16.7 Å². The van der Waals surface area contributed by atoms with Crippen LogP contribution in [0, 0.1) is 0 Å². The second-order valence-corrected chi connectivity index (χ2v) is 9.36. The third-order valence-corrected chi connectivity index (χ3v) is 6.39. The predicted octanol–water partition coefficient (Wildman–Crippen LogP) is -0.179. The van der Waals surface area contributed by atoms with Crippen molar-refractivity contribution in [2.45, 2.75) is 43.0 Å². The standard InChI is InChI=1S/C18H28N4O5S/c1-12(2)20-18(24)22-10-14-16(11-22)27-15-6-4-5-7-17(15)28(25,26)19-8-13(23)9-21(14)3/h4-7,12-14,16,19,23H,8-11H2,1-3H3,(H,20,24)/t13-,14+,16-/m0/s1. The molecule has 1 aromatic rings. The fourth-order valence-electron chi connectivity index (χ4n) is 3.55. The van der Waals surface area contributed by atoms with E-state index < -0.39 is 22.2 Å². The molecule has 3 atom stereocenters. The quantitative estimate of drug-likeness (QED) is 0.590. The molecule has 0 saturated carbocycles. The molecule has 28 heavy (non-hydrogen) atoms. The van der Waals surface area contributed by atoms with Crippen molar-refractivity contribution in [3.63, 3.8) is 0 Å². The second kappa shape index (κ2) is 8.24. The van der Waals surface area contributed by atoms with E-state index in [1.54, 1.807) is 23.1 Å². The molecule has 3 N–H and O–H groups in total. The SMILES string of the molecule is CC(C)NC(=O)N1C[C@@H]2Oc3ccccc3S(=O)(=O)NC[C@H](O)CN(C)[C@@H]2C1. The van der Waals surface area contributed by atoms with Crippen LogP contribution in [0.4, 0.5) is 4.79 Å². The van der Waals surface area contributed by atoms with Crippen molar-refractivity contribution in [1.82, 2.24) is 19.8 Å². The number of benzene rings is 1. The first-order valence-electron chi connectivity index (χ1n) is 9.36. The molecular formula is C18H28N4O5S. The number of likely N-dealkylation sites (tertiary alicyclic amines) is 1. The Labute approximate surface area is 165 Å². The largest absolute Gasteiger partial charge is 0.485 e. The molecule has 0 aromatic heterocycles. The van der Waals surface area contributed by atoms with Gasteiger partial charge in [0.05, 0.1) is 18.7 Å². The van der Waals surface area contributed by atoms with Crippen LogP contribution in [0.5, 0.6) is 5.75 Å². The molecule has 2 amide bonds. The number of sulfonamides is 1. The third kappa shape index (κ3) is 4.57. The first kappa shape index (κ1) is 20.8. The zero-order valence-electron chi connectivity index (χ0n) is 16.3. The number of carbonyl (C=O) groups excluding carboxylic acids is 1. The number of urea groups is 1. The Morgan fingerprint density at radius 2 is 2.00 bits per heavy atom. The van der Waals surface area contributed by atoms with Crippen molar-refractivity contribution in [2.24, 2.45) is 0 Å². The lowest BCUT2D eigenvalue weighted by molar-refractivity contribution is 0.0713. The molecule has 2 aliphatic rings. The van der Waals surface area contributed by atoms with Crippen molar-refractivity contribution in [3.8, 4) is 5.75 Å². The van der Waals surface area contributed by atoms with E-state index in [4.69, 9.17) is 4.74 Å². The molecule has 0 unspecified atom stereocenters. The highest BCUT2D eigenvalue weighted by Gasteiger charge is 2.41. The molecule has 10 heteroatoms. The molecule has 0 bridgehead atoms. The summed E-state index contributed by atoms with van der Waals surface area (Å²) in [6, 6.07) is 6.05. The molecule has 156 valence electrons. The van der Waals surface area contributed by atoms with E-state index in [0.717, 1.165) is 0 Å². The summed E-state index contributed by atoms with van der Waals surface area (Å²) in [4.78, 5) is 16.1. The number of hydrogen-bond donors (Lipinski definition) is 3. The minimum absolute atomic E-state index is 0.00742. The Hall–Kier alpha value is -1.88. The summed E-state index contributed by atoms with van der Waals surface area (Å²) in [6.45, 7) is 4.68. The van der Waals surface area contributed by atoms with Crippen LogP contribution < -0.4 is 14.8 Å². The highest BCUT2D eigenvalue weighted by atomic mass is 32.2. The van der Waals surface area contributed by atoms with Crippen LogP contribution in [0.25, 0.3) is 0 Å². The van der Waals surface area contributed by atoms with Gasteiger partial charge in [-0.15, -0.1) is 0 Å². The highest BCUT2D eigenvalue weighted by molar-refractivity contribution is 7.89. The van der Waals surface area contributed by atoms with Gasteiger partial charge in [-0.05, 0) is 33.0 Å². The van der Waals surface area contributed by atoms with Gasteiger partial charge in [0.15, 0.2) is 0 Å². The molecule has 9 nitrogen and oxygen atoms in total. The molecule has 3 rings (SSSR count). The van der Waals surface area contributed by atoms with Crippen LogP contribution in [-0.2, 0) is 10.0 Å². The van der Waals surface area contributed by atoms with E-state index in [9.17, 15) is 18.3 Å².